The third-order valence-corrected chi connectivity index (χ3v) is 3.31. The fourth-order valence-corrected chi connectivity index (χ4v) is 2.20. The molecule has 3 nitrogen and oxygen atoms in total. The van der Waals surface area contributed by atoms with E-state index in [-0.39, 0.29) is 5.97 Å². The molecule has 0 bridgehead atoms. The molecule has 0 aliphatic heterocycles. The van der Waals surface area contributed by atoms with Crippen molar-refractivity contribution in [2.45, 2.75) is 26.8 Å². The van der Waals surface area contributed by atoms with Gasteiger partial charge in [-0.25, -0.2) is 0 Å². The van der Waals surface area contributed by atoms with E-state index in [4.69, 9.17) is 0 Å². The molecule has 0 aliphatic carbocycles. The minimum atomic E-state index is -0.167. The predicted molar refractivity (Wildman–Crippen MR) is 68.0 cm³/mol. The van der Waals surface area contributed by atoms with E-state index >= 15 is 0 Å². The van der Waals surface area contributed by atoms with Gasteiger partial charge in [-0.1, -0.05) is 18.2 Å². The van der Waals surface area contributed by atoms with E-state index in [0.29, 0.717) is 13.0 Å². The highest BCUT2D eigenvalue weighted by Crippen LogP contribution is 2.24. The number of carbonyl (C=O) groups is 1. The lowest BCUT2D eigenvalue weighted by Gasteiger charge is -2.07. The number of methoxy groups -OCH3 is 1. The number of rotatable bonds is 3. The fourth-order valence-electron chi connectivity index (χ4n) is 2.20. The normalized spacial score (nSPS) is 10.8. The molecular formula is C14H17NO2. The lowest BCUT2D eigenvalue weighted by Crippen LogP contribution is -2.08. The quantitative estimate of drug-likeness (QED) is 0.761. The molecule has 0 saturated carbocycles. The van der Waals surface area contributed by atoms with Crippen LogP contribution in [0.25, 0.3) is 10.9 Å². The second-order valence-electron chi connectivity index (χ2n) is 4.21. The molecule has 0 spiro atoms. The third kappa shape index (κ3) is 2.05. The largest absolute Gasteiger partial charge is 0.469 e. The summed E-state index contributed by atoms with van der Waals surface area (Å²) in [7, 11) is 1.42. The van der Waals surface area contributed by atoms with Crippen molar-refractivity contribution in [1.82, 2.24) is 4.57 Å². The van der Waals surface area contributed by atoms with Gasteiger partial charge in [-0.2, -0.15) is 0 Å². The maximum Gasteiger partial charge on any atom is 0.307 e. The Hall–Kier alpha value is -1.77. The van der Waals surface area contributed by atoms with Crippen molar-refractivity contribution in [3.05, 3.63) is 35.5 Å². The van der Waals surface area contributed by atoms with Crippen molar-refractivity contribution >= 4 is 16.9 Å². The van der Waals surface area contributed by atoms with Gasteiger partial charge in [-0.3, -0.25) is 4.79 Å². The van der Waals surface area contributed by atoms with Crippen molar-refractivity contribution in [2.75, 3.05) is 7.11 Å². The first kappa shape index (κ1) is 11.7. The van der Waals surface area contributed by atoms with Gasteiger partial charge in [0.2, 0.25) is 0 Å². The number of nitrogens with zero attached hydrogens (tertiary/aromatic N) is 1. The summed E-state index contributed by atoms with van der Waals surface area (Å²) >= 11 is 0. The number of para-hydroxylation sites is 1. The zero-order valence-electron chi connectivity index (χ0n) is 10.5. The predicted octanol–water partition coefficient (Wildman–Crippen LogP) is 2.82. The lowest BCUT2D eigenvalue weighted by atomic mass is 10.2. The molecule has 90 valence electrons. The highest BCUT2D eigenvalue weighted by Gasteiger charge is 2.11. The van der Waals surface area contributed by atoms with E-state index in [2.05, 4.69) is 35.3 Å². The lowest BCUT2D eigenvalue weighted by molar-refractivity contribution is -0.140. The number of esters is 1. The smallest absolute Gasteiger partial charge is 0.307 e. The van der Waals surface area contributed by atoms with Crippen LogP contribution in [0.5, 0.6) is 0 Å². The number of carbonyl (C=O) groups excluding carboxylic acids is 1. The van der Waals surface area contributed by atoms with E-state index in [1.54, 1.807) is 0 Å². The van der Waals surface area contributed by atoms with Crippen LogP contribution in [-0.4, -0.2) is 17.6 Å². The van der Waals surface area contributed by atoms with Crippen LogP contribution in [-0.2, 0) is 16.1 Å². The molecule has 2 aromatic rings. The number of hydrogen-bond donors (Lipinski definition) is 0. The molecular weight excluding hydrogens is 214 g/mol. The van der Waals surface area contributed by atoms with Crippen molar-refractivity contribution in [3.8, 4) is 0 Å². The number of ether oxygens (including phenoxy) is 1. The zero-order valence-corrected chi connectivity index (χ0v) is 10.5. The summed E-state index contributed by atoms with van der Waals surface area (Å²) in [6.07, 6.45) is 0.412. The highest BCUT2D eigenvalue weighted by molar-refractivity contribution is 5.85. The van der Waals surface area contributed by atoms with Crippen LogP contribution in [0.1, 0.15) is 17.7 Å². The molecule has 0 radical (unpaired) electrons. The first-order valence-electron chi connectivity index (χ1n) is 5.76. The van der Waals surface area contributed by atoms with E-state index < -0.39 is 0 Å². The van der Waals surface area contributed by atoms with Gasteiger partial charge in [0.1, 0.15) is 0 Å². The molecule has 1 aromatic heterocycles. The Balaban J connectivity index is 2.39. The van der Waals surface area contributed by atoms with Crippen molar-refractivity contribution < 1.29 is 9.53 Å². The van der Waals surface area contributed by atoms with Crippen LogP contribution in [0.3, 0.4) is 0 Å². The Morgan fingerprint density at radius 1 is 1.29 bits per heavy atom. The van der Waals surface area contributed by atoms with Gasteiger partial charge in [-0.05, 0) is 25.5 Å². The molecule has 2 rings (SSSR count). The molecule has 0 saturated heterocycles. The number of aryl methyl sites for hydroxylation is 2. The minimum Gasteiger partial charge on any atom is -0.469 e. The van der Waals surface area contributed by atoms with Gasteiger partial charge in [0.15, 0.2) is 0 Å². The van der Waals surface area contributed by atoms with Gasteiger partial charge in [-0.15, -0.1) is 0 Å². The van der Waals surface area contributed by atoms with Crippen molar-refractivity contribution in [1.29, 1.82) is 0 Å². The Morgan fingerprint density at radius 2 is 2.00 bits per heavy atom. The first-order chi connectivity index (χ1) is 8.15. The topological polar surface area (TPSA) is 31.2 Å². The number of fused-ring (bicyclic) bond motifs is 1. The molecule has 0 atom stereocenters. The third-order valence-electron chi connectivity index (χ3n) is 3.31. The summed E-state index contributed by atoms with van der Waals surface area (Å²) in [6, 6.07) is 8.27. The van der Waals surface area contributed by atoms with Gasteiger partial charge in [0.25, 0.3) is 0 Å². The average molecular weight is 231 g/mol. The van der Waals surface area contributed by atoms with Crippen LogP contribution in [0.4, 0.5) is 0 Å². The van der Waals surface area contributed by atoms with Crippen LogP contribution >= 0.6 is 0 Å². The molecule has 1 heterocycles. The summed E-state index contributed by atoms with van der Waals surface area (Å²) in [6.45, 7) is 4.88. The summed E-state index contributed by atoms with van der Waals surface area (Å²) in [5.74, 6) is -0.167. The van der Waals surface area contributed by atoms with Crippen LogP contribution in [0, 0.1) is 13.8 Å². The number of aromatic nitrogens is 1. The standard InChI is InChI=1S/C14H17NO2/c1-10-11(2)15(9-8-14(16)17-3)13-7-5-4-6-12(10)13/h4-7H,8-9H2,1-3H3. The maximum atomic E-state index is 11.2. The second-order valence-corrected chi connectivity index (χ2v) is 4.21. The average Bonchev–Trinajstić information content (AvgIpc) is 2.60. The van der Waals surface area contributed by atoms with Gasteiger partial charge in [0.05, 0.1) is 13.5 Å². The van der Waals surface area contributed by atoms with Gasteiger partial charge >= 0.3 is 5.97 Å². The van der Waals surface area contributed by atoms with Crippen molar-refractivity contribution in [2.24, 2.45) is 0 Å². The summed E-state index contributed by atoms with van der Waals surface area (Å²) in [5, 5.41) is 1.26. The molecule has 0 unspecified atom stereocenters. The summed E-state index contributed by atoms with van der Waals surface area (Å²) in [5.41, 5.74) is 3.69. The van der Waals surface area contributed by atoms with Crippen LogP contribution < -0.4 is 0 Å². The first-order valence-corrected chi connectivity index (χ1v) is 5.76. The van der Waals surface area contributed by atoms with E-state index in [9.17, 15) is 4.79 Å². The molecule has 3 heteroatoms. The highest BCUT2D eigenvalue weighted by atomic mass is 16.5. The Morgan fingerprint density at radius 3 is 2.71 bits per heavy atom. The molecule has 0 fully saturated rings. The van der Waals surface area contributed by atoms with Gasteiger partial charge < -0.3 is 9.30 Å². The maximum absolute atomic E-state index is 11.2. The van der Waals surface area contributed by atoms with Crippen LogP contribution in [0.2, 0.25) is 0 Å². The molecule has 0 N–H and O–H groups in total. The fraction of sp³-hybridized carbons (Fsp3) is 0.357. The van der Waals surface area contributed by atoms with E-state index in [1.807, 2.05) is 12.1 Å². The summed E-state index contributed by atoms with van der Waals surface area (Å²) in [4.78, 5) is 11.2. The minimum absolute atomic E-state index is 0.167. The number of hydrogen-bond acceptors (Lipinski definition) is 2. The molecule has 17 heavy (non-hydrogen) atoms. The Bertz CT molecular complexity index is 555. The number of benzene rings is 1. The molecule has 0 aliphatic rings. The Labute approximate surface area is 101 Å². The summed E-state index contributed by atoms with van der Waals surface area (Å²) < 4.78 is 6.86. The SMILES string of the molecule is COC(=O)CCn1c(C)c(C)c2ccccc21. The monoisotopic (exact) mass is 231 g/mol. The van der Waals surface area contributed by atoms with E-state index in [1.165, 1.54) is 29.3 Å². The molecule has 0 amide bonds. The van der Waals surface area contributed by atoms with Crippen LogP contribution in [0.15, 0.2) is 24.3 Å². The Kier molecular flexibility index (Phi) is 3.18. The van der Waals surface area contributed by atoms with Gasteiger partial charge in [0, 0.05) is 23.1 Å². The zero-order chi connectivity index (χ0) is 12.4. The molecule has 1 aromatic carbocycles. The van der Waals surface area contributed by atoms with Crippen molar-refractivity contribution in [3.63, 3.8) is 0 Å². The second kappa shape index (κ2) is 4.62. The van der Waals surface area contributed by atoms with E-state index in [0.717, 1.165) is 0 Å².